The van der Waals surface area contributed by atoms with Crippen LogP contribution in [0.1, 0.15) is 0 Å². The van der Waals surface area contributed by atoms with Crippen LogP contribution in [0.3, 0.4) is 0 Å². The number of azo groups is 1. The zero-order valence-corrected chi connectivity index (χ0v) is 9.09. The molecule has 19 heavy (non-hydrogen) atoms. The van der Waals surface area contributed by atoms with Crippen LogP contribution in [0.2, 0.25) is 0 Å². The van der Waals surface area contributed by atoms with Crippen LogP contribution in [0.25, 0.3) is 0 Å². The quantitative estimate of drug-likeness (QED) is 0.339. The van der Waals surface area contributed by atoms with Crippen LogP contribution in [0, 0.1) is 23.3 Å². The summed E-state index contributed by atoms with van der Waals surface area (Å²) in [6.07, 6.45) is 0. The molecule has 0 atom stereocenters. The molecule has 0 saturated heterocycles. The molecule has 1 aromatic carbocycles. The van der Waals surface area contributed by atoms with Crippen molar-refractivity contribution in [3.8, 4) is 0 Å². The lowest BCUT2D eigenvalue weighted by molar-refractivity contribution is 0.410. The van der Waals surface area contributed by atoms with Gasteiger partial charge in [0.05, 0.1) is 0 Å². The molecule has 6 nitrogen and oxygen atoms in total. The summed E-state index contributed by atoms with van der Waals surface area (Å²) in [6.45, 7) is 0. The molecule has 0 unspecified atom stereocenters. The second-order valence-corrected chi connectivity index (χ2v) is 3.39. The highest BCUT2D eigenvalue weighted by Gasteiger charge is 2.19. The zero-order chi connectivity index (χ0) is 14.2. The average Bonchev–Trinajstić information content (AvgIpc) is 2.70. The summed E-state index contributed by atoms with van der Waals surface area (Å²) >= 11 is 0. The first kappa shape index (κ1) is 12.8. The Morgan fingerprint density at radius 1 is 1.00 bits per heavy atom. The molecule has 2 rings (SSSR count). The number of halogens is 4. The highest BCUT2D eigenvalue weighted by Crippen LogP contribution is 2.30. The number of hydrogen-bond acceptors (Lipinski definition) is 5. The van der Waals surface area contributed by atoms with E-state index in [2.05, 4.69) is 20.4 Å². The maximum absolute atomic E-state index is 13.3. The van der Waals surface area contributed by atoms with E-state index in [1.807, 2.05) is 0 Å². The Hall–Kier alpha value is -2.65. The fraction of sp³-hybridized carbons (Fsp3) is 0. The van der Waals surface area contributed by atoms with Gasteiger partial charge in [0.25, 0.3) is 0 Å². The van der Waals surface area contributed by atoms with Crippen molar-refractivity contribution in [2.24, 2.45) is 10.2 Å². The fourth-order valence-electron chi connectivity index (χ4n) is 1.21. The van der Waals surface area contributed by atoms with Crippen LogP contribution in [0.5, 0.6) is 0 Å². The number of aromatic amines is 1. The molecule has 0 saturated carbocycles. The summed E-state index contributed by atoms with van der Waals surface area (Å²) in [5.41, 5.74) is 9.77. The Morgan fingerprint density at radius 3 is 2.26 bits per heavy atom. The van der Waals surface area contributed by atoms with E-state index in [0.29, 0.717) is 6.07 Å². The Morgan fingerprint density at radius 2 is 1.68 bits per heavy atom. The van der Waals surface area contributed by atoms with E-state index in [4.69, 9.17) is 11.5 Å². The van der Waals surface area contributed by atoms with Gasteiger partial charge in [0.15, 0.2) is 34.8 Å². The number of anilines is 2. The number of hydrogen-bond donors (Lipinski definition) is 3. The molecular formula is C9H6F4N6. The van der Waals surface area contributed by atoms with Crippen LogP contribution in [-0.4, -0.2) is 10.2 Å². The lowest BCUT2D eigenvalue weighted by Crippen LogP contribution is -1.95. The molecule has 0 fully saturated rings. The van der Waals surface area contributed by atoms with Crippen molar-refractivity contribution in [3.63, 3.8) is 0 Å². The normalized spacial score (nSPS) is 11.4. The standard InChI is InChI=1S/C9H6F4N6/c10-2-1-3(5(12)6(13)4(2)11)16-17-7-8(14)18-19-9(7)15/h1H,(H5,14,15,18,19). The molecule has 1 aromatic heterocycles. The van der Waals surface area contributed by atoms with Gasteiger partial charge < -0.3 is 11.5 Å². The molecule has 1 heterocycles. The first-order valence-corrected chi connectivity index (χ1v) is 4.76. The van der Waals surface area contributed by atoms with Gasteiger partial charge in [-0.3, -0.25) is 5.10 Å². The number of benzene rings is 1. The second-order valence-electron chi connectivity index (χ2n) is 3.39. The average molecular weight is 274 g/mol. The van der Waals surface area contributed by atoms with Crippen molar-refractivity contribution in [1.82, 2.24) is 10.2 Å². The maximum Gasteiger partial charge on any atom is 0.199 e. The van der Waals surface area contributed by atoms with E-state index in [9.17, 15) is 17.6 Å². The van der Waals surface area contributed by atoms with Crippen molar-refractivity contribution in [3.05, 3.63) is 29.3 Å². The molecule has 2 aromatic rings. The molecule has 10 heteroatoms. The van der Waals surface area contributed by atoms with Gasteiger partial charge >= 0.3 is 0 Å². The summed E-state index contributed by atoms with van der Waals surface area (Å²) in [7, 11) is 0. The van der Waals surface area contributed by atoms with Crippen LogP contribution >= 0.6 is 0 Å². The van der Waals surface area contributed by atoms with Gasteiger partial charge in [-0.05, 0) is 0 Å². The Labute approximate surface area is 103 Å². The number of nitrogen functional groups attached to an aromatic ring is 2. The number of aromatic nitrogens is 2. The third-order valence-electron chi connectivity index (χ3n) is 2.14. The molecule has 0 radical (unpaired) electrons. The summed E-state index contributed by atoms with van der Waals surface area (Å²) in [6, 6.07) is 0.351. The fourth-order valence-corrected chi connectivity index (χ4v) is 1.21. The van der Waals surface area contributed by atoms with Crippen molar-refractivity contribution >= 4 is 23.0 Å². The van der Waals surface area contributed by atoms with Crippen molar-refractivity contribution < 1.29 is 17.6 Å². The predicted octanol–water partition coefficient (Wildman–Crippen LogP) is 2.55. The minimum Gasteiger partial charge on any atom is -0.382 e. The topological polar surface area (TPSA) is 105 Å². The summed E-state index contributed by atoms with van der Waals surface area (Å²) in [5.74, 6) is -7.39. The third-order valence-corrected chi connectivity index (χ3v) is 2.14. The highest BCUT2D eigenvalue weighted by molar-refractivity contribution is 5.70. The van der Waals surface area contributed by atoms with Crippen molar-refractivity contribution in [2.75, 3.05) is 11.5 Å². The van der Waals surface area contributed by atoms with Gasteiger partial charge in [0.1, 0.15) is 11.5 Å². The van der Waals surface area contributed by atoms with Crippen molar-refractivity contribution in [1.29, 1.82) is 0 Å². The molecule has 100 valence electrons. The van der Waals surface area contributed by atoms with Gasteiger partial charge in [0, 0.05) is 6.07 Å². The summed E-state index contributed by atoms with van der Waals surface area (Å²) in [5, 5.41) is 12.3. The minimum absolute atomic E-state index is 0.0651. The van der Waals surface area contributed by atoms with E-state index >= 15 is 0 Å². The Balaban J connectivity index is 2.45. The highest BCUT2D eigenvalue weighted by atomic mass is 19.2. The first-order valence-electron chi connectivity index (χ1n) is 4.76. The molecule has 0 bridgehead atoms. The zero-order valence-electron chi connectivity index (χ0n) is 9.09. The van der Waals surface area contributed by atoms with Crippen LogP contribution in [0.15, 0.2) is 16.3 Å². The molecule has 0 aliphatic heterocycles. The number of nitrogens with zero attached hydrogens (tertiary/aromatic N) is 3. The second kappa shape index (κ2) is 4.55. The van der Waals surface area contributed by atoms with Gasteiger partial charge in [-0.25, -0.2) is 17.6 Å². The Kier molecular flexibility index (Phi) is 3.07. The lowest BCUT2D eigenvalue weighted by atomic mass is 10.3. The van der Waals surface area contributed by atoms with Crippen molar-refractivity contribution in [2.45, 2.75) is 0 Å². The number of rotatable bonds is 2. The van der Waals surface area contributed by atoms with E-state index < -0.39 is 29.0 Å². The van der Waals surface area contributed by atoms with E-state index in [1.165, 1.54) is 0 Å². The monoisotopic (exact) mass is 274 g/mol. The SMILES string of the molecule is Nc1n[nH]c(N)c1N=Nc1cc(F)c(F)c(F)c1F. The largest absolute Gasteiger partial charge is 0.382 e. The van der Waals surface area contributed by atoms with Crippen LogP contribution < -0.4 is 11.5 Å². The van der Waals surface area contributed by atoms with E-state index in [1.54, 1.807) is 0 Å². The molecule has 0 aliphatic rings. The predicted molar refractivity (Wildman–Crippen MR) is 57.9 cm³/mol. The first-order chi connectivity index (χ1) is 8.91. The smallest absolute Gasteiger partial charge is 0.199 e. The van der Waals surface area contributed by atoms with Gasteiger partial charge in [-0.1, -0.05) is 0 Å². The molecule has 0 spiro atoms. The lowest BCUT2D eigenvalue weighted by Gasteiger charge is -2.00. The summed E-state index contributed by atoms with van der Waals surface area (Å²) in [4.78, 5) is 0. The number of H-pyrrole nitrogens is 1. The molecular weight excluding hydrogens is 268 g/mol. The molecule has 5 N–H and O–H groups in total. The maximum atomic E-state index is 13.3. The van der Waals surface area contributed by atoms with Gasteiger partial charge in [-0.15, -0.1) is 10.2 Å². The van der Waals surface area contributed by atoms with E-state index in [-0.39, 0.29) is 17.3 Å². The van der Waals surface area contributed by atoms with Gasteiger partial charge in [-0.2, -0.15) is 5.10 Å². The van der Waals surface area contributed by atoms with Crippen LogP contribution in [-0.2, 0) is 0 Å². The number of nitrogens with two attached hydrogens (primary N) is 2. The minimum atomic E-state index is -1.98. The Bertz CT molecular complexity index is 646. The van der Waals surface area contributed by atoms with E-state index in [0.717, 1.165) is 0 Å². The van der Waals surface area contributed by atoms with Gasteiger partial charge in [0.2, 0.25) is 0 Å². The van der Waals surface area contributed by atoms with Crippen LogP contribution in [0.4, 0.5) is 40.6 Å². The summed E-state index contributed by atoms with van der Waals surface area (Å²) < 4.78 is 51.8. The third kappa shape index (κ3) is 2.19. The molecule has 0 amide bonds. The number of nitrogens with one attached hydrogen (secondary N) is 1. The molecule has 0 aliphatic carbocycles.